The summed E-state index contributed by atoms with van der Waals surface area (Å²) < 4.78 is 5.37. The van der Waals surface area contributed by atoms with E-state index in [2.05, 4.69) is 4.98 Å². The van der Waals surface area contributed by atoms with Crippen molar-refractivity contribution in [2.45, 2.75) is 5.92 Å². The summed E-state index contributed by atoms with van der Waals surface area (Å²) in [5, 5.41) is 19.4. The molecule has 0 amide bonds. The molecule has 0 aliphatic carbocycles. The number of nitrogens with one attached hydrogen (secondary N) is 1. The molecule has 0 radical (unpaired) electrons. The summed E-state index contributed by atoms with van der Waals surface area (Å²) >= 11 is 2.52. The maximum absolute atomic E-state index is 12.6. The molecule has 1 N–H and O–H groups in total. The van der Waals surface area contributed by atoms with Gasteiger partial charge in [0, 0.05) is 17.1 Å². The molecule has 5 nitrogen and oxygen atoms in total. The van der Waals surface area contributed by atoms with E-state index in [1.807, 2.05) is 18.2 Å². The first-order chi connectivity index (χ1) is 11.2. The average molecular weight is 341 g/mol. The Labute approximate surface area is 141 Å². The minimum Gasteiger partial charge on any atom is -0.478 e. The molecular weight excluding hydrogens is 330 g/mol. The lowest BCUT2D eigenvalue weighted by molar-refractivity contribution is -0.114. The van der Waals surface area contributed by atoms with E-state index in [1.165, 1.54) is 11.3 Å². The quantitative estimate of drug-likeness (QED) is 0.861. The van der Waals surface area contributed by atoms with E-state index >= 15 is 0 Å². The first-order valence-corrected chi connectivity index (χ1v) is 8.40. The number of aromatic nitrogens is 1. The molecule has 2 heterocycles. The summed E-state index contributed by atoms with van der Waals surface area (Å²) in [6.45, 7) is -0.0567. The summed E-state index contributed by atoms with van der Waals surface area (Å²) in [6.07, 6.45) is 3.35. The predicted octanol–water partition coefficient (Wildman–Crippen LogP) is 3.46. The molecule has 1 fully saturated rings. The van der Waals surface area contributed by atoms with E-state index in [9.17, 15) is 4.79 Å². The largest absolute Gasteiger partial charge is 0.478 e. The van der Waals surface area contributed by atoms with Gasteiger partial charge in [-0.05, 0) is 12.1 Å². The Balaban J connectivity index is 1.91. The third-order valence-corrected chi connectivity index (χ3v) is 5.02. The first kappa shape index (κ1) is 15.5. The Kier molecular flexibility index (Phi) is 4.55. The Morgan fingerprint density at radius 1 is 1.43 bits per heavy atom. The molecular formula is C16H11N3O2S2. The van der Waals surface area contributed by atoms with Gasteiger partial charge in [0.1, 0.15) is 22.7 Å². The van der Waals surface area contributed by atoms with Crippen LogP contribution in [-0.4, -0.2) is 22.4 Å². The number of benzene rings is 1. The van der Waals surface area contributed by atoms with Crippen LogP contribution in [-0.2, 0) is 4.79 Å². The van der Waals surface area contributed by atoms with Gasteiger partial charge in [-0.2, -0.15) is 5.26 Å². The SMILES string of the molecule is N#CCOc1ccccc1/C=C1\SC(=N)[C@H](c2nccs2)C1=O. The van der Waals surface area contributed by atoms with E-state index in [4.69, 9.17) is 15.4 Å². The molecule has 7 heteroatoms. The van der Waals surface area contributed by atoms with Crippen LogP contribution < -0.4 is 4.74 Å². The predicted molar refractivity (Wildman–Crippen MR) is 90.7 cm³/mol. The molecule has 23 heavy (non-hydrogen) atoms. The van der Waals surface area contributed by atoms with Crippen LogP contribution in [0.15, 0.2) is 40.7 Å². The molecule has 1 aliphatic rings. The Morgan fingerprint density at radius 3 is 3.00 bits per heavy atom. The van der Waals surface area contributed by atoms with Gasteiger partial charge in [-0.25, -0.2) is 4.98 Å². The monoisotopic (exact) mass is 341 g/mol. The molecule has 1 aromatic heterocycles. The van der Waals surface area contributed by atoms with Crippen LogP contribution in [0.25, 0.3) is 6.08 Å². The van der Waals surface area contributed by atoms with Crippen molar-refractivity contribution >= 4 is 40.0 Å². The maximum Gasteiger partial charge on any atom is 0.186 e. The van der Waals surface area contributed by atoms with Gasteiger partial charge in [0.15, 0.2) is 12.4 Å². The Morgan fingerprint density at radius 2 is 2.26 bits per heavy atom. The number of nitriles is 1. The van der Waals surface area contributed by atoms with E-state index in [1.54, 1.807) is 29.8 Å². The van der Waals surface area contributed by atoms with E-state index in [0.717, 1.165) is 11.8 Å². The van der Waals surface area contributed by atoms with Gasteiger partial charge >= 0.3 is 0 Å². The fraction of sp³-hybridized carbons (Fsp3) is 0.125. The molecule has 2 aromatic rings. The van der Waals surface area contributed by atoms with Crippen molar-refractivity contribution in [1.29, 1.82) is 10.7 Å². The summed E-state index contributed by atoms with van der Waals surface area (Å²) in [6, 6.07) is 9.12. The maximum atomic E-state index is 12.6. The Hall–Kier alpha value is -2.43. The van der Waals surface area contributed by atoms with Crippen molar-refractivity contribution in [2.24, 2.45) is 0 Å². The highest BCUT2D eigenvalue weighted by molar-refractivity contribution is 8.19. The van der Waals surface area contributed by atoms with Gasteiger partial charge in [-0.3, -0.25) is 10.2 Å². The number of thiazole rings is 1. The number of thioether (sulfide) groups is 1. The van der Waals surface area contributed by atoms with Crippen molar-refractivity contribution in [2.75, 3.05) is 6.61 Å². The van der Waals surface area contributed by atoms with Crippen molar-refractivity contribution < 1.29 is 9.53 Å². The van der Waals surface area contributed by atoms with Crippen LogP contribution in [0, 0.1) is 16.7 Å². The zero-order chi connectivity index (χ0) is 16.2. The number of para-hydroxylation sites is 1. The highest BCUT2D eigenvalue weighted by Gasteiger charge is 2.38. The van der Waals surface area contributed by atoms with E-state index < -0.39 is 5.92 Å². The lowest BCUT2D eigenvalue weighted by Crippen LogP contribution is -2.11. The lowest BCUT2D eigenvalue weighted by Gasteiger charge is -2.06. The van der Waals surface area contributed by atoms with Gasteiger partial charge < -0.3 is 4.74 Å². The average Bonchev–Trinajstić information content (AvgIpc) is 3.15. The molecule has 114 valence electrons. The molecule has 0 bridgehead atoms. The van der Waals surface area contributed by atoms with Crippen LogP contribution in [0.1, 0.15) is 16.5 Å². The number of ether oxygens (including phenoxy) is 1. The van der Waals surface area contributed by atoms with Crippen LogP contribution in [0.5, 0.6) is 5.75 Å². The normalized spacial score (nSPS) is 19.1. The number of allylic oxidation sites excluding steroid dienone is 1. The van der Waals surface area contributed by atoms with Gasteiger partial charge in [0.2, 0.25) is 0 Å². The fourth-order valence-corrected chi connectivity index (χ4v) is 3.97. The van der Waals surface area contributed by atoms with Gasteiger partial charge in [-0.1, -0.05) is 30.0 Å². The number of carbonyl (C=O) groups is 1. The second-order valence-electron chi connectivity index (χ2n) is 4.63. The molecule has 0 saturated carbocycles. The minimum absolute atomic E-state index is 0.0567. The van der Waals surface area contributed by atoms with Crippen LogP contribution in [0.2, 0.25) is 0 Å². The zero-order valence-electron chi connectivity index (χ0n) is 11.9. The second kappa shape index (κ2) is 6.77. The van der Waals surface area contributed by atoms with Crippen LogP contribution in [0.4, 0.5) is 0 Å². The summed E-state index contributed by atoms with van der Waals surface area (Å²) in [5.41, 5.74) is 0.714. The van der Waals surface area contributed by atoms with Crippen molar-refractivity contribution in [3.63, 3.8) is 0 Å². The van der Waals surface area contributed by atoms with Crippen molar-refractivity contribution in [3.05, 3.63) is 51.3 Å². The van der Waals surface area contributed by atoms with Gasteiger partial charge in [0.05, 0.1) is 9.95 Å². The zero-order valence-corrected chi connectivity index (χ0v) is 13.5. The fourth-order valence-electron chi connectivity index (χ4n) is 2.17. The number of hydrogen-bond acceptors (Lipinski definition) is 7. The van der Waals surface area contributed by atoms with Crippen molar-refractivity contribution in [3.8, 4) is 11.8 Å². The lowest BCUT2D eigenvalue weighted by atomic mass is 10.0. The molecule has 0 unspecified atom stereocenters. The van der Waals surface area contributed by atoms with Gasteiger partial charge in [-0.15, -0.1) is 11.3 Å². The molecule has 1 saturated heterocycles. The number of carbonyl (C=O) groups excluding carboxylic acids is 1. The van der Waals surface area contributed by atoms with Gasteiger partial charge in [0.25, 0.3) is 0 Å². The van der Waals surface area contributed by atoms with E-state index in [-0.39, 0.29) is 17.4 Å². The van der Waals surface area contributed by atoms with Crippen LogP contribution in [0.3, 0.4) is 0 Å². The first-order valence-electron chi connectivity index (χ1n) is 6.71. The molecule has 1 aliphatic heterocycles. The molecule has 1 aromatic carbocycles. The number of hydrogen-bond donors (Lipinski definition) is 1. The van der Waals surface area contributed by atoms with Crippen molar-refractivity contribution in [1.82, 2.24) is 4.98 Å². The highest BCUT2D eigenvalue weighted by atomic mass is 32.2. The third kappa shape index (κ3) is 3.18. The summed E-state index contributed by atoms with van der Waals surface area (Å²) in [5.74, 6) is -0.178. The molecule has 1 atom stereocenters. The third-order valence-electron chi connectivity index (χ3n) is 3.18. The number of Topliss-reactive ketones (excluding diaryl/α,β-unsaturated/α-hetero) is 1. The highest BCUT2D eigenvalue weighted by Crippen LogP contribution is 2.41. The topological polar surface area (TPSA) is 86.8 Å². The number of nitrogens with zero attached hydrogens (tertiary/aromatic N) is 2. The minimum atomic E-state index is -0.599. The number of rotatable bonds is 4. The smallest absolute Gasteiger partial charge is 0.186 e. The Bertz CT molecular complexity index is 822. The van der Waals surface area contributed by atoms with Crippen LogP contribution >= 0.6 is 23.1 Å². The summed E-state index contributed by atoms with van der Waals surface area (Å²) in [7, 11) is 0. The second-order valence-corrected chi connectivity index (χ2v) is 6.64. The number of ketones is 1. The summed E-state index contributed by atoms with van der Waals surface area (Å²) in [4.78, 5) is 17.2. The van der Waals surface area contributed by atoms with E-state index in [0.29, 0.717) is 21.2 Å². The molecule has 0 spiro atoms. The standard InChI is InChI=1S/C16H11N3O2S2/c17-5-7-21-11-4-2-1-3-10(11)9-12-14(20)13(15(18)23-12)16-19-6-8-22-16/h1-4,6,8-9,13,18H,7H2/b12-9-,18-15?/t13-/m1/s1. The molecule has 3 rings (SSSR count).